The molecule has 0 amide bonds. The van der Waals surface area contributed by atoms with Crippen LogP contribution < -0.4 is 4.74 Å². The molecule has 0 unspecified atom stereocenters. The molecular formula is C14H16O2. The molecular weight excluding hydrogens is 200 g/mol. The van der Waals surface area contributed by atoms with Crippen LogP contribution in [-0.2, 0) is 4.79 Å². The molecule has 1 fully saturated rings. The molecule has 0 aliphatic heterocycles. The maximum absolute atomic E-state index is 11.7. The van der Waals surface area contributed by atoms with Crippen molar-refractivity contribution in [2.75, 3.05) is 7.11 Å². The number of hydrogen-bond acceptors (Lipinski definition) is 2. The Kier molecular flexibility index (Phi) is 2.82. The van der Waals surface area contributed by atoms with Crippen LogP contribution in [0.5, 0.6) is 5.75 Å². The lowest BCUT2D eigenvalue weighted by Crippen LogP contribution is -2.07. The first kappa shape index (κ1) is 10.9. The van der Waals surface area contributed by atoms with Gasteiger partial charge in [0, 0.05) is 5.41 Å². The standard InChI is InChI=1S/C14H16O2/c1-14(9-10-14)13(15)8-5-11-3-6-12(16-2)7-4-11/h3-8H,9-10H2,1-2H3. The van der Waals surface area contributed by atoms with Crippen molar-refractivity contribution in [3.8, 4) is 5.75 Å². The average Bonchev–Trinajstić information content (AvgIpc) is 3.06. The lowest BCUT2D eigenvalue weighted by atomic mass is 10.0. The molecule has 0 bridgehead atoms. The fourth-order valence-electron chi connectivity index (χ4n) is 1.52. The highest BCUT2D eigenvalue weighted by atomic mass is 16.5. The molecule has 2 heteroatoms. The molecule has 0 N–H and O–H groups in total. The quantitative estimate of drug-likeness (QED) is 0.723. The SMILES string of the molecule is COc1ccc(C=CC(=O)C2(C)CC2)cc1. The molecule has 2 rings (SSSR count). The summed E-state index contributed by atoms with van der Waals surface area (Å²) in [7, 11) is 1.64. The number of methoxy groups -OCH3 is 1. The summed E-state index contributed by atoms with van der Waals surface area (Å²) in [6.45, 7) is 2.02. The van der Waals surface area contributed by atoms with Crippen molar-refractivity contribution in [2.24, 2.45) is 5.41 Å². The second-order valence-corrected chi connectivity index (χ2v) is 4.53. The van der Waals surface area contributed by atoms with Crippen molar-refractivity contribution in [2.45, 2.75) is 19.8 Å². The summed E-state index contributed by atoms with van der Waals surface area (Å²) < 4.78 is 5.07. The van der Waals surface area contributed by atoms with Crippen molar-refractivity contribution in [1.82, 2.24) is 0 Å². The van der Waals surface area contributed by atoms with Crippen molar-refractivity contribution in [3.63, 3.8) is 0 Å². The van der Waals surface area contributed by atoms with Crippen LogP contribution in [-0.4, -0.2) is 12.9 Å². The average molecular weight is 216 g/mol. The first-order valence-electron chi connectivity index (χ1n) is 5.51. The molecule has 0 spiro atoms. The van der Waals surface area contributed by atoms with Crippen LogP contribution in [0.25, 0.3) is 6.08 Å². The smallest absolute Gasteiger partial charge is 0.161 e. The lowest BCUT2D eigenvalue weighted by Gasteiger charge is -2.01. The van der Waals surface area contributed by atoms with Gasteiger partial charge in [0.2, 0.25) is 0 Å². The Morgan fingerprint density at radius 3 is 2.44 bits per heavy atom. The predicted octanol–water partition coefficient (Wildman–Crippen LogP) is 3.08. The maximum Gasteiger partial charge on any atom is 0.161 e. The van der Waals surface area contributed by atoms with Gasteiger partial charge in [0.25, 0.3) is 0 Å². The molecule has 1 aromatic rings. The molecule has 0 radical (unpaired) electrons. The Labute approximate surface area is 95.9 Å². The molecule has 1 aliphatic rings. The van der Waals surface area contributed by atoms with Crippen LogP contribution in [0.1, 0.15) is 25.3 Å². The summed E-state index contributed by atoms with van der Waals surface area (Å²) in [4.78, 5) is 11.7. The summed E-state index contributed by atoms with van der Waals surface area (Å²) in [5.41, 5.74) is 0.960. The Balaban J connectivity index is 2.03. The number of allylic oxidation sites excluding steroid dienone is 1. The molecule has 0 heterocycles. The van der Waals surface area contributed by atoms with Crippen LogP contribution in [0.15, 0.2) is 30.3 Å². The highest BCUT2D eigenvalue weighted by Gasteiger charge is 2.42. The first-order chi connectivity index (χ1) is 7.64. The third-order valence-electron chi connectivity index (χ3n) is 3.14. The van der Waals surface area contributed by atoms with E-state index >= 15 is 0 Å². The second-order valence-electron chi connectivity index (χ2n) is 4.53. The van der Waals surface area contributed by atoms with Gasteiger partial charge in [-0.05, 0) is 36.6 Å². The van der Waals surface area contributed by atoms with E-state index in [1.165, 1.54) is 0 Å². The van der Waals surface area contributed by atoms with Crippen molar-refractivity contribution < 1.29 is 9.53 Å². The molecule has 0 atom stereocenters. The first-order valence-corrected chi connectivity index (χ1v) is 5.51. The number of carbonyl (C=O) groups is 1. The number of rotatable bonds is 4. The van der Waals surface area contributed by atoms with Crippen molar-refractivity contribution >= 4 is 11.9 Å². The predicted molar refractivity (Wildman–Crippen MR) is 64.4 cm³/mol. The Morgan fingerprint density at radius 2 is 1.94 bits per heavy atom. The molecule has 1 aliphatic carbocycles. The minimum absolute atomic E-state index is 0.0665. The molecule has 0 saturated heterocycles. The van der Waals surface area contributed by atoms with E-state index in [4.69, 9.17) is 4.74 Å². The van der Waals surface area contributed by atoms with E-state index in [-0.39, 0.29) is 11.2 Å². The zero-order chi connectivity index (χ0) is 11.6. The molecule has 0 aromatic heterocycles. The van der Waals surface area contributed by atoms with Gasteiger partial charge in [0.1, 0.15) is 5.75 Å². The van der Waals surface area contributed by atoms with Crippen LogP contribution in [0.4, 0.5) is 0 Å². The number of ether oxygens (including phenoxy) is 1. The van der Waals surface area contributed by atoms with Gasteiger partial charge in [0.05, 0.1) is 7.11 Å². The lowest BCUT2D eigenvalue weighted by molar-refractivity contribution is -0.118. The van der Waals surface area contributed by atoms with E-state index in [0.717, 1.165) is 24.2 Å². The Bertz CT molecular complexity index is 411. The van der Waals surface area contributed by atoms with Gasteiger partial charge in [-0.25, -0.2) is 0 Å². The summed E-state index contributed by atoms with van der Waals surface area (Å²) >= 11 is 0. The second kappa shape index (κ2) is 4.12. The minimum Gasteiger partial charge on any atom is -0.497 e. The largest absolute Gasteiger partial charge is 0.497 e. The summed E-state index contributed by atoms with van der Waals surface area (Å²) in [6.07, 6.45) is 5.61. The topological polar surface area (TPSA) is 26.3 Å². The van der Waals surface area contributed by atoms with Crippen LogP contribution in [0.3, 0.4) is 0 Å². The Morgan fingerprint density at radius 1 is 1.31 bits per heavy atom. The van der Waals surface area contributed by atoms with Gasteiger partial charge in [-0.15, -0.1) is 0 Å². The molecule has 2 nitrogen and oxygen atoms in total. The highest BCUT2D eigenvalue weighted by Crippen LogP contribution is 2.46. The van der Waals surface area contributed by atoms with E-state index in [2.05, 4.69) is 0 Å². The van der Waals surface area contributed by atoms with Gasteiger partial charge in [-0.3, -0.25) is 4.79 Å². The van der Waals surface area contributed by atoms with Gasteiger partial charge in [0.15, 0.2) is 5.78 Å². The Hall–Kier alpha value is -1.57. The summed E-state index contributed by atoms with van der Waals surface area (Å²) in [5.74, 6) is 1.07. The number of hydrogen-bond donors (Lipinski definition) is 0. The van der Waals surface area contributed by atoms with Crippen LogP contribution in [0, 0.1) is 5.41 Å². The van der Waals surface area contributed by atoms with Gasteiger partial charge in [-0.2, -0.15) is 0 Å². The van der Waals surface area contributed by atoms with E-state index in [1.807, 2.05) is 37.3 Å². The molecule has 1 saturated carbocycles. The number of ketones is 1. The monoisotopic (exact) mass is 216 g/mol. The van der Waals surface area contributed by atoms with Gasteiger partial charge >= 0.3 is 0 Å². The van der Waals surface area contributed by atoms with E-state index in [0.29, 0.717) is 0 Å². The van der Waals surface area contributed by atoms with E-state index < -0.39 is 0 Å². The highest BCUT2D eigenvalue weighted by molar-refractivity contribution is 5.99. The third-order valence-corrected chi connectivity index (χ3v) is 3.14. The van der Waals surface area contributed by atoms with Crippen LogP contribution in [0.2, 0.25) is 0 Å². The summed E-state index contributed by atoms with van der Waals surface area (Å²) in [5, 5.41) is 0. The number of benzene rings is 1. The number of carbonyl (C=O) groups excluding carboxylic acids is 1. The van der Waals surface area contributed by atoms with Crippen molar-refractivity contribution in [1.29, 1.82) is 0 Å². The van der Waals surface area contributed by atoms with E-state index in [9.17, 15) is 4.79 Å². The van der Waals surface area contributed by atoms with Crippen LogP contribution >= 0.6 is 0 Å². The maximum atomic E-state index is 11.7. The third kappa shape index (κ3) is 2.32. The van der Waals surface area contributed by atoms with Gasteiger partial charge < -0.3 is 4.74 Å². The van der Waals surface area contributed by atoms with E-state index in [1.54, 1.807) is 13.2 Å². The van der Waals surface area contributed by atoms with Gasteiger partial charge in [-0.1, -0.05) is 25.1 Å². The molecule has 1 aromatic carbocycles. The normalized spacial score (nSPS) is 17.4. The molecule has 16 heavy (non-hydrogen) atoms. The van der Waals surface area contributed by atoms with Crippen molar-refractivity contribution in [3.05, 3.63) is 35.9 Å². The zero-order valence-corrected chi connectivity index (χ0v) is 9.69. The molecule has 84 valence electrons. The fourth-order valence-corrected chi connectivity index (χ4v) is 1.52. The fraction of sp³-hybridized carbons (Fsp3) is 0.357. The zero-order valence-electron chi connectivity index (χ0n) is 9.69. The minimum atomic E-state index is -0.0665. The summed E-state index contributed by atoms with van der Waals surface area (Å²) in [6, 6.07) is 7.67.